The molecule has 1 aliphatic heterocycles. The van der Waals surface area contributed by atoms with Crippen molar-refractivity contribution in [2.75, 3.05) is 39.8 Å². The largest absolute Gasteiger partial charge is 0.490 e. The number of hydrogen-bond acceptors (Lipinski definition) is 3. The number of nitrogens with one attached hydrogen (secondary N) is 2. The lowest BCUT2D eigenvalue weighted by Crippen LogP contribution is -2.41. The fraction of sp³-hybridized carbons (Fsp3) is 0.667. The third-order valence-corrected chi connectivity index (χ3v) is 5.54. The number of guanidine groups is 1. The number of benzene rings is 1. The Labute approximate surface area is 174 Å². The van der Waals surface area contributed by atoms with Crippen LogP contribution in [-0.2, 0) is 0 Å². The fourth-order valence-electron chi connectivity index (χ4n) is 3.60. The molecule has 5 nitrogen and oxygen atoms in total. The molecule has 30 heavy (non-hydrogen) atoms. The second kappa shape index (κ2) is 9.85. The van der Waals surface area contributed by atoms with E-state index >= 15 is 0 Å². The molecule has 1 aromatic rings. The van der Waals surface area contributed by atoms with Crippen LogP contribution in [0.25, 0.3) is 0 Å². The van der Waals surface area contributed by atoms with Crippen LogP contribution in [0, 0.1) is 17.7 Å². The second-order valence-corrected chi connectivity index (χ2v) is 8.27. The van der Waals surface area contributed by atoms with E-state index in [0.29, 0.717) is 44.5 Å². The van der Waals surface area contributed by atoms with Crippen LogP contribution in [0.5, 0.6) is 5.75 Å². The maximum Gasteiger partial charge on any atom is 0.401 e. The first-order chi connectivity index (χ1) is 14.2. The summed E-state index contributed by atoms with van der Waals surface area (Å²) in [7, 11) is 1.63. The minimum absolute atomic E-state index is 0.126. The van der Waals surface area contributed by atoms with Crippen LogP contribution in [0.4, 0.5) is 17.6 Å². The molecule has 0 amide bonds. The molecule has 1 saturated heterocycles. The average Bonchev–Trinajstić information content (AvgIpc) is 3.41. The van der Waals surface area contributed by atoms with Gasteiger partial charge in [0.25, 0.3) is 0 Å². The molecule has 0 radical (unpaired) electrons. The summed E-state index contributed by atoms with van der Waals surface area (Å²) in [6.45, 7) is 2.98. The zero-order valence-electron chi connectivity index (χ0n) is 17.4. The molecular weight excluding hydrogens is 400 g/mol. The van der Waals surface area contributed by atoms with Gasteiger partial charge in [-0.3, -0.25) is 9.89 Å². The van der Waals surface area contributed by atoms with Crippen molar-refractivity contribution in [3.05, 3.63) is 29.6 Å². The number of halogens is 4. The summed E-state index contributed by atoms with van der Waals surface area (Å²) in [5.74, 6) is 1.10. The van der Waals surface area contributed by atoms with Crippen molar-refractivity contribution in [3.8, 4) is 5.75 Å². The van der Waals surface area contributed by atoms with Crippen LogP contribution in [0.15, 0.2) is 23.2 Å². The first-order valence-electron chi connectivity index (χ1n) is 10.4. The van der Waals surface area contributed by atoms with Crippen LogP contribution < -0.4 is 15.4 Å². The van der Waals surface area contributed by atoms with E-state index in [0.717, 1.165) is 18.4 Å². The van der Waals surface area contributed by atoms with Crippen LogP contribution in [-0.4, -0.2) is 56.9 Å². The lowest BCUT2D eigenvalue weighted by Gasteiger charge is -2.21. The Bertz CT molecular complexity index is 736. The molecule has 3 rings (SSSR count). The van der Waals surface area contributed by atoms with Gasteiger partial charge in [0, 0.05) is 20.1 Å². The second-order valence-electron chi connectivity index (χ2n) is 8.27. The number of hydrogen-bond donors (Lipinski definition) is 2. The molecule has 0 spiro atoms. The van der Waals surface area contributed by atoms with Gasteiger partial charge in [-0.15, -0.1) is 0 Å². The highest BCUT2D eigenvalue weighted by atomic mass is 19.4. The molecule has 0 bridgehead atoms. The maximum absolute atomic E-state index is 14.3. The smallest absolute Gasteiger partial charge is 0.401 e. The standard InChI is InChI=1S/C21H30F4N4O/c1-14(17-5-6-19(18(22)9-17)30-12-15-3-4-15)28-20(26-2)27-10-16-7-8-29(11-16)13-21(23,24)25/h5-6,9,14-16H,3-4,7-8,10-13H2,1-2H3,(H2,26,27,28). The SMILES string of the molecule is CN=C(NCC1CCN(CC(F)(F)F)C1)NC(C)c1ccc(OCC2CC2)c(F)c1. The number of ether oxygens (including phenoxy) is 1. The van der Waals surface area contributed by atoms with Crippen molar-refractivity contribution in [3.63, 3.8) is 0 Å². The molecule has 2 atom stereocenters. The predicted molar refractivity (Wildman–Crippen MR) is 108 cm³/mol. The number of nitrogens with zero attached hydrogens (tertiary/aromatic N) is 2. The summed E-state index contributed by atoms with van der Waals surface area (Å²) in [4.78, 5) is 5.60. The summed E-state index contributed by atoms with van der Waals surface area (Å²) in [5, 5.41) is 6.37. The van der Waals surface area contributed by atoms with Gasteiger partial charge in [-0.2, -0.15) is 13.2 Å². The van der Waals surface area contributed by atoms with E-state index in [2.05, 4.69) is 15.6 Å². The van der Waals surface area contributed by atoms with Gasteiger partial charge in [0.2, 0.25) is 0 Å². The first kappa shape index (κ1) is 22.7. The van der Waals surface area contributed by atoms with Crippen molar-refractivity contribution in [1.82, 2.24) is 15.5 Å². The van der Waals surface area contributed by atoms with Crippen molar-refractivity contribution < 1.29 is 22.3 Å². The maximum atomic E-state index is 14.3. The zero-order valence-corrected chi connectivity index (χ0v) is 17.4. The summed E-state index contributed by atoms with van der Waals surface area (Å²) < 4.78 is 57.4. The van der Waals surface area contributed by atoms with E-state index in [4.69, 9.17) is 4.74 Å². The van der Waals surface area contributed by atoms with Gasteiger partial charge < -0.3 is 15.4 Å². The molecule has 2 N–H and O–H groups in total. The van der Waals surface area contributed by atoms with E-state index in [1.807, 2.05) is 13.0 Å². The minimum Gasteiger partial charge on any atom is -0.490 e. The van der Waals surface area contributed by atoms with Crippen molar-refractivity contribution >= 4 is 5.96 Å². The van der Waals surface area contributed by atoms with Gasteiger partial charge in [0.05, 0.1) is 19.2 Å². The van der Waals surface area contributed by atoms with Gasteiger partial charge >= 0.3 is 6.18 Å². The Kier molecular flexibility index (Phi) is 7.44. The predicted octanol–water partition coefficient (Wildman–Crippen LogP) is 3.72. The van der Waals surface area contributed by atoms with Crippen LogP contribution in [0.3, 0.4) is 0 Å². The van der Waals surface area contributed by atoms with E-state index in [-0.39, 0.29) is 23.5 Å². The van der Waals surface area contributed by atoms with E-state index in [9.17, 15) is 17.6 Å². The summed E-state index contributed by atoms with van der Waals surface area (Å²) in [5.41, 5.74) is 0.756. The Balaban J connectivity index is 1.45. The molecular formula is C21H30F4N4O. The highest BCUT2D eigenvalue weighted by molar-refractivity contribution is 5.80. The highest BCUT2D eigenvalue weighted by Crippen LogP contribution is 2.30. The Morgan fingerprint density at radius 1 is 1.27 bits per heavy atom. The van der Waals surface area contributed by atoms with Gasteiger partial charge in [0.1, 0.15) is 0 Å². The summed E-state index contributed by atoms with van der Waals surface area (Å²) >= 11 is 0. The lowest BCUT2D eigenvalue weighted by molar-refractivity contribution is -0.143. The average molecular weight is 430 g/mol. The lowest BCUT2D eigenvalue weighted by atomic mass is 10.1. The third-order valence-electron chi connectivity index (χ3n) is 5.54. The Morgan fingerprint density at radius 2 is 2.03 bits per heavy atom. The summed E-state index contributed by atoms with van der Waals surface area (Å²) in [6.07, 6.45) is -1.16. The van der Waals surface area contributed by atoms with Gasteiger partial charge in [-0.25, -0.2) is 4.39 Å². The van der Waals surface area contributed by atoms with Gasteiger partial charge in [-0.05, 0) is 62.3 Å². The first-order valence-corrected chi connectivity index (χ1v) is 10.4. The van der Waals surface area contributed by atoms with Gasteiger partial charge in [0.15, 0.2) is 17.5 Å². The molecule has 2 aliphatic rings. The Hall–Kier alpha value is -2.03. The normalized spacial score (nSPS) is 21.5. The molecule has 2 fully saturated rings. The van der Waals surface area contributed by atoms with E-state index < -0.39 is 12.7 Å². The summed E-state index contributed by atoms with van der Waals surface area (Å²) in [6, 6.07) is 4.73. The van der Waals surface area contributed by atoms with Crippen molar-refractivity contribution in [2.45, 2.75) is 38.4 Å². The van der Waals surface area contributed by atoms with Crippen molar-refractivity contribution in [1.29, 1.82) is 0 Å². The molecule has 1 aromatic carbocycles. The Morgan fingerprint density at radius 3 is 2.67 bits per heavy atom. The number of rotatable bonds is 8. The monoisotopic (exact) mass is 430 g/mol. The number of aliphatic imine (C=N–C) groups is 1. The quantitative estimate of drug-likeness (QED) is 0.375. The van der Waals surface area contributed by atoms with Crippen molar-refractivity contribution in [2.24, 2.45) is 16.8 Å². The molecule has 1 heterocycles. The zero-order chi connectivity index (χ0) is 21.7. The van der Waals surface area contributed by atoms with E-state index in [1.165, 1.54) is 11.0 Å². The molecule has 1 saturated carbocycles. The number of likely N-dealkylation sites (tertiary alicyclic amines) is 1. The molecule has 168 valence electrons. The fourth-order valence-corrected chi connectivity index (χ4v) is 3.60. The van der Waals surface area contributed by atoms with Crippen LogP contribution in [0.1, 0.15) is 37.8 Å². The molecule has 9 heteroatoms. The molecule has 1 aliphatic carbocycles. The van der Waals surface area contributed by atoms with Gasteiger partial charge in [-0.1, -0.05) is 6.07 Å². The van der Waals surface area contributed by atoms with Crippen LogP contribution in [0.2, 0.25) is 0 Å². The van der Waals surface area contributed by atoms with Crippen LogP contribution >= 0.6 is 0 Å². The molecule has 2 unspecified atom stereocenters. The number of alkyl halides is 3. The highest BCUT2D eigenvalue weighted by Gasteiger charge is 2.34. The molecule has 0 aromatic heterocycles. The third kappa shape index (κ3) is 7.04. The van der Waals surface area contributed by atoms with E-state index in [1.54, 1.807) is 13.1 Å². The minimum atomic E-state index is -4.16. The topological polar surface area (TPSA) is 48.9 Å².